The number of nitrogens with zero attached hydrogens (tertiary/aromatic N) is 4. The van der Waals surface area contributed by atoms with Crippen LogP contribution in [0.1, 0.15) is 13.3 Å². The lowest BCUT2D eigenvalue weighted by molar-refractivity contribution is 0.112. The Labute approximate surface area is 193 Å². The maximum absolute atomic E-state index is 15.0. The molecule has 1 atom stereocenters. The summed E-state index contributed by atoms with van der Waals surface area (Å²) < 4.78 is 26.0. The van der Waals surface area contributed by atoms with Gasteiger partial charge in [-0.3, -0.25) is 4.98 Å². The van der Waals surface area contributed by atoms with Crippen LogP contribution in [0.5, 0.6) is 0 Å². The minimum absolute atomic E-state index is 0.0287. The first-order valence-corrected chi connectivity index (χ1v) is 11.4. The Hall–Kier alpha value is -2.88. The molecule has 1 aliphatic rings. The Morgan fingerprint density at radius 1 is 1.15 bits per heavy atom. The van der Waals surface area contributed by atoms with Gasteiger partial charge in [-0.2, -0.15) is 0 Å². The number of aromatic nitrogens is 3. The first kappa shape index (κ1) is 23.3. The van der Waals surface area contributed by atoms with Gasteiger partial charge in [0.15, 0.2) is 5.82 Å². The molecular formula is C24H31FN6O2. The molecule has 3 aromatic rings. The molecule has 1 aromatic carbocycles. The van der Waals surface area contributed by atoms with E-state index in [-0.39, 0.29) is 11.9 Å². The van der Waals surface area contributed by atoms with Crippen LogP contribution in [-0.2, 0) is 9.47 Å². The molecule has 4 rings (SSSR count). The van der Waals surface area contributed by atoms with Crippen molar-refractivity contribution < 1.29 is 13.9 Å². The smallest absolute Gasteiger partial charge is 0.154 e. The van der Waals surface area contributed by atoms with Gasteiger partial charge in [-0.05, 0) is 31.2 Å². The number of ether oxygens (including phenoxy) is 2. The number of hydrogen-bond acceptors (Lipinski definition) is 8. The zero-order valence-corrected chi connectivity index (χ0v) is 19.2. The standard InChI is InChI=1S/C24H31FN6O2/c1-3-6-26-15-18(32-2)16-29-24-23-21(27-7-8-28-23)14-20(30-24)17-4-5-22(19(25)13-17)31-9-11-33-12-10-31/h4-5,7-8,13-14,18,26H,3,6,9-12,15-16H2,1-2H3,(H,29,30). The van der Waals surface area contributed by atoms with Crippen LogP contribution in [0, 0.1) is 5.82 Å². The maximum atomic E-state index is 15.0. The molecule has 8 nitrogen and oxygen atoms in total. The molecule has 0 bridgehead atoms. The molecule has 0 saturated carbocycles. The summed E-state index contributed by atoms with van der Waals surface area (Å²) in [6, 6.07) is 7.08. The van der Waals surface area contributed by atoms with Gasteiger partial charge in [0, 0.05) is 51.2 Å². The Kier molecular flexibility index (Phi) is 7.98. The lowest BCUT2D eigenvalue weighted by atomic mass is 10.1. The number of nitrogens with one attached hydrogen (secondary N) is 2. The average Bonchev–Trinajstić information content (AvgIpc) is 2.86. The van der Waals surface area contributed by atoms with Gasteiger partial charge in [-0.1, -0.05) is 13.0 Å². The highest BCUT2D eigenvalue weighted by Crippen LogP contribution is 2.29. The van der Waals surface area contributed by atoms with E-state index in [1.165, 1.54) is 6.07 Å². The highest BCUT2D eigenvalue weighted by Gasteiger charge is 2.17. The SMILES string of the molecule is CCCNCC(CNc1nc(-c2ccc(N3CCOCC3)c(F)c2)cc2nccnc12)OC. The van der Waals surface area contributed by atoms with Crippen molar-refractivity contribution in [2.45, 2.75) is 19.4 Å². The highest BCUT2D eigenvalue weighted by molar-refractivity contribution is 5.88. The first-order valence-electron chi connectivity index (χ1n) is 11.4. The largest absolute Gasteiger partial charge is 0.378 e. The molecular weight excluding hydrogens is 423 g/mol. The van der Waals surface area contributed by atoms with E-state index in [1.807, 2.05) is 23.1 Å². The zero-order chi connectivity index (χ0) is 23.0. The fraction of sp³-hybridized carbons (Fsp3) is 0.458. The molecule has 2 N–H and O–H groups in total. The van der Waals surface area contributed by atoms with E-state index in [1.54, 1.807) is 19.5 Å². The fourth-order valence-electron chi connectivity index (χ4n) is 3.86. The summed E-state index contributed by atoms with van der Waals surface area (Å²) in [7, 11) is 1.69. The second kappa shape index (κ2) is 11.3. The van der Waals surface area contributed by atoms with Crippen molar-refractivity contribution in [1.29, 1.82) is 0 Å². The third-order valence-electron chi connectivity index (χ3n) is 5.68. The van der Waals surface area contributed by atoms with E-state index in [2.05, 4.69) is 27.5 Å². The van der Waals surface area contributed by atoms with Crippen LogP contribution >= 0.6 is 0 Å². The third kappa shape index (κ3) is 5.73. The summed E-state index contributed by atoms with van der Waals surface area (Å²) in [4.78, 5) is 15.7. The van der Waals surface area contributed by atoms with Crippen LogP contribution < -0.4 is 15.5 Å². The van der Waals surface area contributed by atoms with Crippen LogP contribution in [0.25, 0.3) is 22.3 Å². The van der Waals surface area contributed by atoms with Crippen molar-refractivity contribution in [2.75, 3.05) is 63.3 Å². The second-order valence-electron chi connectivity index (χ2n) is 7.99. The number of anilines is 2. The summed E-state index contributed by atoms with van der Waals surface area (Å²) >= 11 is 0. The summed E-state index contributed by atoms with van der Waals surface area (Å²) in [5, 5.41) is 6.73. The molecule has 0 amide bonds. The van der Waals surface area contributed by atoms with E-state index >= 15 is 4.39 Å². The minimum Gasteiger partial charge on any atom is -0.378 e. The van der Waals surface area contributed by atoms with Crippen molar-refractivity contribution in [2.24, 2.45) is 0 Å². The van der Waals surface area contributed by atoms with Crippen LogP contribution in [0.2, 0.25) is 0 Å². The third-order valence-corrected chi connectivity index (χ3v) is 5.68. The van der Waals surface area contributed by atoms with Gasteiger partial charge >= 0.3 is 0 Å². The lowest BCUT2D eigenvalue weighted by Crippen LogP contribution is -2.36. The van der Waals surface area contributed by atoms with Crippen LogP contribution in [0.15, 0.2) is 36.7 Å². The number of methoxy groups -OCH3 is 1. The Morgan fingerprint density at radius 3 is 2.73 bits per heavy atom. The van der Waals surface area contributed by atoms with E-state index in [0.717, 1.165) is 19.5 Å². The first-order chi connectivity index (χ1) is 16.2. The number of rotatable bonds is 10. The number of fused-ring (bicyclic) bond motifs is 1. The molecule has 1 fully saturated rings. The van der Waals surface area contributed by atoms with Gasteiger partial charge in [0.25, 0.3) is 0 Å². The van der Waals surface area contributed by atoms with Crippen molar-refractivity contribution in [3.05, 3.63) is 42.5 Å². The predicted octanol–water partition coefficient (Wildman–Crippen LogP) is 3.09. The maximum Gasteiger partial charge on any atom is 0.154 e. The summed E-state index contributed by atoms with van der Waals surface area (Å²) in [6.07, 6.45) is 4.32. The lowest BCUT2D eigenvalue weighted by Gasteiger charge is -2.29. The molecule has 3 heterocycles. The van der Waals surface area contributed by atoms with E-state index in [0.29, 0.717) is 66.6 Å². The monoisotopic (exact) mass is 454 g/mol. The van der Waals surface area contributed by atoms with Gasteiger partial charge in [0.2, 0.25) is 0 Å². The molecule has 33 heavy (non-hydrogen) atoms. The van der Waals surface area contributed by atoms with Crippen LogP contribution in [-0.4, -0.2) is 74.1 Å². The summed E-state index contributed by atoms with van der Waals surface area (Å²) in [6.45, 7) is 6.94. The average molecular weight is 455 g/mol. The zero-order valence-electron chi connectivity index (χ0n) is 19.2. The Bertz CT molecular complexity index is 1060. The van der Waals surface area contributed by atoms with Gasteiger partial charge in [0.1, 0.15) is 11.3 Å². The van der Waals surface area contributed by atoms with Crippen molar-refractivity contribution in [3.63, 3.8) is 0 Å². The van der Waals surface area contributed by atoms with E-state index < -0.39 is 0 Å². The molecule has 1 saturated heterocycles. The second-order valence-corrected chi connectivity index (χ2v) is 7.99. The quantitative estimate of drug-likeness (QED) is 0.452. The predicted molar refractivity (Wildman–Crippen MR) is 128 cm³/mol. The van der Waals surface area contributed by atoms with Gasteiger partial charge in [0.05, 0.1) is 36.2 Å². The van der Waals surface area contributed by atoms with Crippen LogP contribution in [0.3, 0.4) is 0 Å². The van der Waals surface area contributed by atoms with Crippen molar-refractivity contribution in [1.82, 2.24) is 20.3 Å². The molecule has 9 heteroatoms. The Balaban J connectivity index is 1.59. The molecule has 1 aliphatic heterocycles. The molecule has 0 aliphatic carbocycles. The number of hydrogen-bond donors (Lipinski definition) is 2. The minimum atomic E-state index is -0.272. The number of morpholine rings is 1. The molecule has 2 aromatic heterocycles. The number of pyridine rings is 1. The molecule has 1 unspecified atom stereocenters. The number of halogens is 1. The summed E-state index contributed by atoms with van der Waals surface area (Å²) in [5.41, 5.74) is 3.27. The van der Waals surface area contributed by atoms with E-state index in [9.17, 15) is 0 Å². The molecule has 0 spiro atoms. The van der Waals surface area contributed by atoms with Gasteiger partial charge in [-0.15, -0.1) is 0 Å². The topological polar surface area (TPSA) is 84.4 Å². The van der Waals surface area contributed by atoms with E-state index in [4.69, 9.17) is 14.5 Å². The Morgan fingerprint density at radius 2 is 1.97 bits per heavy atom. The van der Waals surface area contributed by atoms with Crippen molar-refractivity contribution in [3.8, 4) is 11.3 Å². The summed E-state index contributed by atoms with van der Waals surface area (Å²) in [5.74, 6) is 0.331. The van der Waals surface area contributed by atoms with Crippen molar-refractivity contribution >= 4 is 22.5 Å². The molecule has 0 radical (unpaired) electrons. The highest BCUT2D eigenvalue weighted by atomic mass is 19.1. The fourth-order valence-corrected chi connectivity index (χ4v) is 3.86. The van der Waals surface area contributed by atoms with Gasteiger partial charge in [-0.25, -0.2) is 14.4 Å². The van der Waals surface area contributed by atoms with Crippen LogP contribution in [0.4, 0.5) is 15.9 Å². The normalized spacial score (nSPS) is 15.1. The van der Waals surface area contributed by atoms with Gasteiger partial charge < -0.3 is 25.0 Å². The molecule has 176 valence electrons. The number of benzene rings is 1.